The summed E-state index contributed by atoms with van der Waals surface area (Å²) in [5, 5.41) is 8.78. The Bertz CT molecular complexity index is 845. The Morgan fingerprint density at radius 1 is 0.667 bits per heavy atom. The zero-order chi connectivity index (χ0) is 22.2. The number of aryl methyl sites for hydroxylation is 1. The van der Waals surface area contributed by atoms with Gasteiger partial charge in [0.1, 0.15) is 12.7 Å². The molecular formula is C21H30N8O. The van der Waals surface area contributed by atoms with Gasteiger partial charge < -0.3 is 5.11 Å². The number of imidazole rings is 2. The molecule has 4 heterocycles. The van der Waals surface area contributed by atoms with Crippen LogP contribution in [0.15, 0.2) is 62.0 Å². The molecule has 0 fully saturated rings. The van der Waals surface area contributed by atoms with Crippen molar-refractivity contribution in [2.24, 2.45) is 0 Å². The highest BCUT2D eigenvalue weighted by atomic mass is 16.3. The summed E-state index contributed by atoms with van der Waals surface area (Å²) in [5.74, 6) is 1.21. The summed E-state index contributed by atoms with van der Waals surface area (Å²) in [6, 6.07) is 3.54. The number of aliphatic hydroxyl groups is 1. The van der Waals surface area contributed by atoms with Gasteiger partial charge in [-0.25, -0.2) is 29.9 Å². The predicted molar refractivity (Wildman–Crippen MR) is 116 cm³/mol. The maximum atomic E-state index is 8.78. The summed E-state index contributed by atoms with van der Waals surface area (Å²) in [5.41, 5.74) is 1.65. The number of aliphatic hydroxyl groups excluding tert-OH is 1. The van der Waals surface area contributed by atoms with Gasteiger partial charge in [0.25, 0.3) is 0 Å². The van der Waals surface area contributed by atoms with E-state index >= 15 is 0 Å². The molecule has 0 aliphatic heterocycles. The minimum absolute atomic E-state index is 0.0696. The van der Waals surface area contributed by atoms with Crippen molar-refractivity contribution in [2.45, 2.75) is 47.6 Å². The van der Waals surface area contributed by atoms with Crippen molar-refractivity contribution < 1.29 is 5.11 Å². The Kier molecular flexibility index (Phi) is 11.9. The molecule has 0 aliphatic rings. The third-order valence-electron chi connectivity index (χ3n) is 3.36. The maximum absolute atomic E-state index is 8.78. The number of rotatable bonds is 4. The largest absolute Gasteiger partial charge is 0.390 e. The van der Waals surface area contributed by atoms with E-state index in [2.05, 4.69) is 36.8 Å². The summed E-state index contributed by atoms with van der Waals surface area (Å²) in [6.45, 7) is 10.00. The van der Waals surface area contributed by atoms with E-state index in [0.29, 0.717) is 17.6 Å². The van der Waals surface area contributed by atoms with Crippen LogP contribution in [0.2, 0.25) is 0 Å². The van der Waals surface area contributed by atoms with E-state index in [1.54, 1.807) is 60.3 Å². The van der Waals surface area contributed by atoms with Crippen molar-refractivity contribution in [3.63, 3.8) is 0 Å². The van der Waals surface area contributed by atoms with E-state index in [-0.39, 0.29) is 6.61 Å². The van der Waals surface area contributed by atoms with Gasteiger partial charge in [-0.2, -0.15) is 0 Å². The highest BCUT2D eigenvalue weighted by Crippen LogP contribution is 2.02. The molecule has 4 rings (SSSR count). The molecule has 0 radical (unpaired) electrons. The molecule has 9 nitrogen and oxygen atoms in total. The van der Waals surface area contributed by atoms with Crippen LogP contribution in [0.4, 0.5) is 0 Å². The smallest absolute Gasteiger partial charge is 0.234 e. The minimum Gasteiger partial charge on any atom is -0.390 e. The third-order valence-corrected chi connectivity index (χ3v) is 3.36. The molecule has 160 valence electrons. The first-order valence-electron chi connectivity index (χ1n) is 10.0. The Balaban J connectivity index is 0.000000258. The molecule has 0 saturated heterocycles. The standard InChI is InChI=1S/C9H10N4.C8H8N4O.2C2H6/c1-2-8-6-13(7-12-8)9-10-4-3-5-11-9;13-5-7-4-12(6-11-7)8-9-2-1-3-10-8;2*1-2/h3-7H,2H2,1H3;1-4,6,13H,5H2;2*1-2H3. The minimum atomic E-state index is -0.0696. The van der Waals surface area contributed by atoms with E-state index < -0.39 is 0 Å². The van der Waals surface area contributed by atoms with Crippen molar-refractivity contribution in [1.29, 1.82) is 0 Å². The van der Waals surface area contributed by atoms with Gasteiger partial charge in [0.05, 0.1) is 18.0 Å². The molecule has 9 heteroatoms. The molecule has 0 spiro atoms. The van der Waals surface area contributed by atoms with Crippen LogP contribution in [-0.4, -0.2) is 44.1 Å². The van der Waals surface area contributed by atoms with Gasteiger partial charge in [0.2, 0.25) is 11.9 Å². The first kappa shape index (κ1) is 24.6. The van der Waals surface area contributed by atoms with Crippen LogP contribution in [0.5, 0.6) is 0 Å². The summed E-state index contributed by atoms with van der Waals surface area (Å²) in [7, 11) is 0. The molecule has 0 aromatic carbocycles. The Morgan fingerprint density at radius 3 is 1.40 bits per heavy atom. The van der Waals surface area contributed by atoms with Crippen LogP contribution in [-0.2, 0) is 13.0 Å². The lowest BCUT2D eigenvalue weighted by atomic mass is 10.4. The van der Waals surface area contributed by atoms with E-state index in [1.807, 2.05) is 38.5 Å². The second-order valence-corrected chi connectivity index (χ2v) is 5.15. The van der Waals surface area contributed by atoms with Crippen LogP contribution in [0.1, 0.15) is 46.0 Å². The highest BCUT2D eigenvalue weighted by molar-refractivity contribution is 5.13. The zero-order valence-electron chi connectivity index (χ0n) is 18.2. The molecule has 0 bridgehead atoms. The summed E-state index contributed by atoms with van der Waals surface area (Å²) in [4.78, 5) is 24.4. The van der Waals surface area contributed by atoms with Crippen molar-refractivity contribution in [2.75, 3.05) is 0 Å². The van der Waals surface area contributed by atoms with Gasteiger partial charge >= 0.3 is 0 Å². The number of hydrogen-bond donors (Lipinski definition) is 1. The highest BCUT2D eigenvalue weighted by Gasteiger charge is 2.00. The second-order valence-electron chi connectivity index (χ2n) is 5.15. The van der Waals surface area contributed by atoms with E-state index in [9.17, 15) is 0 Å². The van der Waals surface area contributed by atoms with Crippen LogP contribution in [0.25, 0.3) is 11.9 Å². The average molecular weight is 411 g/mol. The van der Waals surface area contributed by atoms with Gasteiger partial charge in [0.15, 0.2) is 0 Å². The molecule has 4 aromatic rings. The normalized spacial score (nSPS) is 9.27. The van der Waals surface area contributed by atoms with Gasteiger partial charge in [-0.3, -0.25) is 9.13 Å². The lowest BCUT2D eigenvalue weighted by molar-refractivity contribution is 0.277. The van der Waals surface area contributed by atoms with Crippen molar-refractivity contribution in [3.05, 3.63) is 73.4 Å². The topological polar surface area (TPSA) is 107 Å². The molecule has 0 atom stereocenters. The summed E-state index contributed by atoms with van der Waals surface area (Å²) in [6.07, 6.45) is 14.6. The summed E-state index contributed by atoms with van der Waals surface area (Å²) >= 11 is 0. The lowest BCUT2D eigenvalue weighted by Crippen LogP contribution is -1.96. The summed E-state index contributed by atoms with van der Waals surface area (Å²) < 4.78 is 3.48. The van der Waals surface area contributed by atoms with Crippen molar-refractivity contribution in [3.8, 4) is 11.9 Å². The molecule has 4 aromatic heterocycles. The van der Waals surface area contributed by atoms with Gasteiger partial charge in [0, 0.05) is 37.2 Å². The number of aromatic nitrogens is 8. The first-order chi connectivity index (χ1) is 14.8. The van der Waals surface area contributed by atoms with E-state index in [0.717, 1.165) is 12.1 Å². The molecule has 0 unspecified atom stereocenters. The monoisotopic (exact) mass is 410 g/mol. The molecule has 0 aliphatic carbocycles. The third kappa shape index (κ3) is 7.51. The Morgan fingerprint density at radius 2 is 1.07 bits per heavy atom. The number of hydrogen-bond acceptors (Lipinski definition) is 7. The fourth-order valence-corrected chi connectivity index (χ4v) is 2.06. The second kappa shape index (κ2) is 14.5. The van der Waals surface area contributed by atoms with Crippen LogP contribution < -0.4 is 0 Å². The maximum Gasteiger partial charge on any atom is 0.234 e. The van der Waals surface area contributed by atoms with Gasteiger partial charge in [-0.05, 0) is 18.6 Å². The van der Waals surface area contributed by atoms with Crippen molar-refractivity contribution >= 4 is 0 Å². The predicted octanol–water partition coefficient (Wildman–Crippen LogP) is 3.43. The van der Waals surface area contributed by atoms with Crippen LogP contribution in [0.3, 0.4) is 0 Å². The fraction of sp³-hybridized carbons (Fsp3) is 0.333. The molecule has 1 N–H and O–H groups in total. The van der Waals surface area contributed by atoms with Crippen molar-refractivity contribution in [1.82, 2.24) is 39.0 Å². The van der Waals surface area contributed by atoms with Gasteiger partial charge in [-0.15, -0.1) is 0 Å². The zero-order valence-corrected chi connectivity index (χ0v) is 18.2. The quantitative estimate of drug-likeness (QED) is 0.549. The van der Waals surface area contributed by atoms with E-state index in [4.69, 9.17) is 5.11 Å². The van der Waals surface area contributed by atoms with Gasteiger partial charge in [-0.1, -0.05) is 34.6 Å². The average Bonchev–Trinajstić information content (AvgIpc) is 3.53. The lowest BCUT2D eigenvalue weighted by Gasteiger charge is -1.96. The molecule has 30 heavy (non-hydrogen) atoms. The van der Waals surface area contributed by atoms with E-state index in [1.165, 1.54) is 0 Å². The molecule has 0 amide bonds. The number of nitrogens with zero attached hydrogens (tertiary/aromatic N) is 8. The van der Waals surface area contributed by atoms with Crippen LogP contribution in [0, 0.1) is 0 Å². The fourth-order valence-electron chi connectivity index (χ4n) is 2.06. The molecule has 0 saturated carbocycles. The van der Waals surface area contributed by atoms with Crippen LogP contribution >= 0.6 is 0 Å². The SMILES string of the molecule is CC.CC.CCc1cn(-c2ncccn2)cn1.OCc1cn(-c2ncccn2)cn1. The Hall–Kier alpha value is -3.46. The molecular weight excluding hydrogens is 380 g/mol. The first-order valence-corrected chi connectivity index (χ1v) is 10.0. The Labute approximate surface area is 177 Å².